The minimum atomic E-state index is -1.16. The third-order valence-electron chi connectivity index (χ3n) is 2.67. The lowest BCUT2D eigenvalue weighted by molar-refractivity contribution is -0.136. The summed E-state index contributed by atoms with van der Waals surface area (Å²) in [6.07, 6.45) is -0.468. The van der Waals surface area contributed by atoms with Crippen LogP contribution in [-0.2, 0) is 24.4 Å². The van der Waals surface area contributed by atoms with Gasteiger partial charge in [0.15, 0.2) is 0 Å². The van der Waals surface area contributed by atoms with Crippen molar-refractivity contribution in [1.29, 1.82) is 0 Å². The molecule has 1 aromatic carbocycles. The van der Waals surface area contributed by atoms with Gasteiger partial charge in [0.05, 0.1) is 19.6 Å². The minimum Gasteiger partial charge on any atom is -0.507 e. The SMILES string of the molecule is Cc1c(O)c(CO)c(CO)c(O)c1CC(=O)O. The van der Waals surface area contributed by atoms with Gasteiger partial charge < -0.3 is 25.5 Å². The van der Waals surface area contributed by atoms with Crippen molar-refractivity contribution in [2.75, 3.05) is 0 Å². The lowest BCUT2D eigenvalue weighted by atomic mass is 9.94. The highest BCUT2D eigenvalue weighted by Gasteiger charge is 2.21. The first kappa shape index (κ1) is 13.3. The van der Waals surface area contributed by atoms with Crippen LogP contribution in [0.5, 0.6) is 11.5 Å². The molecule has 0 bridgehead atoms. The summed E-state index contributed by atoms with van der Waals surface area (Å²) in [7, 11) is 0. The monoisotopic (exact) mass is 242 g/mol. The van der Waals surface area contributed by atoms with E-state index in [1.807, 2.05) is 0 Å². The smallest absolute Gasteiger partial charge is 0.307 e. The highest BCUT2D eigenvalue weighted by molar-refractivity contribution is 5.74. The van der Waals surface area contributed by atoms with Crippen LogP contribution in [0.4, 0.5) is 0 Å². The van der Waals surface area contributed by atoms with Gasteiger partial charge in [0.1, 0.15) is 11.5 Å². The normalized spacial score (nSPS) is 10.5. The van der Waals surface area contributed by atoms with Crippen LogP contribution in [0.2, 0.25) is 0 Å². The fourth-order valence-corrected chi connectivity index (χ4v) is 1.72. The first-order chi connectivity index (χ1) is 7.93. The predicted molar refractivity (Wildman–Crippen MR) is 57.7 cm³/mol. The van der Waals surface area contributed by atoms with E-state index in [9.17, 15) is 15.0 Å². The molecule has 0 saturated heterocycles. The Labute approximate surface area is 97.4 Å². The van der Waals surface area contributed by atoms with Crippen LogP contribution >= 0.6 is 0 Å². The molecule has 0 aliphatic carbocycles. The van der Waals surface area contributed by atoms with E-state index < -0.39 is 31.4 Å². The van der Waals surface area contributed by atoms with Crippen molar-refractivity contribution in [3.63, 3.8) is 0 Å². The number of phenols is 2. The van der Waals surface area contributed by atoms with Crippen LogP contribution in [0.25, 0.3) is 0 Å². The molecule has 0 heterocycles. The summed E-state index contributed by atoms with van der Waals surface area (Å²) in [6.45, 7) is 0.291. The number of aliphatic carboxylic acids is 1. The molecule has 0 aliphatic rings. The minimum absolute atomic E-state index is 0.0108. The summed E-state index contributed by atoms with van der Waals surface area (Å²) in [4.78, 5) is 10.6. The maximum absolute atomic E-state index is 10.6. The maximum Gasteiger partial charge on any atom is 0.307 e. The Morgan fingerprint density at radius 2 is 1.47 bits per heavy atom. The van der Waals surface area contributed by atoms with Crippen LogP contribution in [-0.4, -0.2) is 31.5 Å². The number of carboxylic acids is 1. The van der Waals surface area contributed by atoms with Crippen LogP contribution in [0.1, 0.15) is 22.3 Å². The molecular formula is C11H14O6. The average Bonchev–Trinajstić information content (AvgIpc) is 2.28. The van der Waals surface area contributed by atoms with Gasteiger partial charge in [-0.15, -0.1) is 0 Å². The van der Waals surface area contributed by atoms with Gasteiger partial charge in [-0.25, -0.2) is 0 Å². The molecule has 0 spiro atoms. The molecule has 0 saturated carbocycles. The van der Waals surface area contributed by atoms with Crippen molar-refractivity contribution in [2.45, 2.75) is 26.6 Å². The second-order valence-corrected chi connectivity index (χ2v) is 3.64. The number of hydrogen-bond donors (Lipinski definition) is 5. The molecule has 0 amide bonds. The topological polar surface area (TPSA) is 118 Å². The van der Waals surface area contributed by atoms with E-state index in [0.717, 1.165) is 0 Å². The number of hydrogen-bond acceptors (Lipinski definition) is 5. The number of rotatable bonds is 4. The van der Waals surface area contributed by atoms with E-state index in [4.69, 9.17) is 15.3 Å². The van der Waals surface area contributed by atoms with Gasteiger partial charge in [0.2, 0.25) is 0 Å². The summed E-state index contributed by atoms with van der Waals surface area (Å²) < 4.78 is 0. The molecule has 5 N–H and O–H groups in total. The second kappa shape index (κ2) is 5.03. The number of carbonyl (C=O) groups is 1. The number of aliphatic hydroxyl groups excluding tert-OH is 2. The van der Waals surface area contributed by atoms with E-state index in [1.165, 1.54) is 6.92 Å². The Hall–Kier alpha value is -1.79. The van der Waals surface area contributed by atoms with Crippen LogP contribution < -0.4 is 0 Å². The van der Waals surface area contributed by atoms with Crippen LogP contribution in [0, 0.1) is 6.92 Å². The zero-order valence-electron chi connectivity index (χ0n) is 9.27. The molecule has 0 unspecified atom stereocenters. The third-order valence-corrected chi connectivity index (χ3v) is 2.67. The standard InChI is InChI=1S/C11H14O6/c1-5-6(2-9(14)15)11(17)8(4-13)7(3-12)10(5)16/h12-13,16-17H,2-4H2,1H3,(H,14,15). The lowest BCUT2D eigenvalue weighted by Crippen LogP contribution is -2.07. The fraction of sp³-hybridized carbons (Fsp3) is 0.364. The molecule has 0 fully saturated rings. The Morgan fingerprint density at radius 1 is 1.00 bits per heavy atom. The molecule has 94 valence electrons. The zero-order chi connectivity index (χ0) is 13.2. The first-order valence-corrected chi connectivity index (χ1v) is 4.92. The Bertz CT molecular complexity index is 452. The summed E-state index contributed by atoms with van der Waals surface area (Å²) >= 11 is 0. The molecule has 1 rings (SSSR count). The highest BCUT2D eigenvalue weighted by atomic mass is 16.4. The van der Waals surface area contributed by atoms with Crippen molar-refractivity contribution in [2.24, 2.45) is 0 Å². The summed E-state index contributed by atoms with van der Waals surface area (Å²) in [5.41, 5.74) is 0.186. The second-order valence-electron chi connectivity index (χ2n) is 3.64. The van der Waals surface area contributed by atoms with Gasteiger partial charge in [-0.1, -0.05) is 0 Å². The summed E-state index contributed by atoms with van der Waals surface area (Å²) in [5.74, 6) is -1.86. The van der Waals surface area contributed by atoms with Gasteiger partial charge in [-0.3, -0.25) is 4.79 Å². The Balaban J connectivity index is 3.52. The van der Waals surface area contributed by atoms with Gasteiger partial charge in [0.25, 0.3) is 0 Å². The molecule has 0 radical (unpaired) electrons. The van der Waals surface area contributed by atoms with Crippen molar-refractivity contribution in [3.05, 3.63) is 22.3 Å². The first-order valence-electron chi connectivity index (χ1n) is 4.92. The van der Waals surface area contributed by atoms with Crippen molar-refractivity contribution < 1.29 is 30.3 Å². The van der Waals surface area contributed by atoms with E-state index in [0.29, 0.717) is 0 Å². The van der Waals surface area contributed by atoms with Crippen molar-refractivity contribution in [1.82, 2.24) is 0 Å². The molecule has 1 aromatic rings. The van der Waals surface area contributed by atoms with Gasteiger partial charge in [0, 0.05) is 16.7 Å². The van der Waals surface area contributed by atoms with Gasteiger partial charge >= 0.3 is 5.97 Å². The van der Waals surface area contributed by atoms with Gasteiger partial charge in [-0.05, 0) is 12.5 Å². The van der Waals surface area contributed by atoms with Crippen molar-refractivity contribution >= 4 is 5.97 Å². The quantitative estimate of drug-likeness (QED) is 0.475. The molecule has 0 aliphatic heterocycles. The van der Waals surface area contributed by atoms with E-state index in [1.54, 1.807) is 0 Å². The Morgan fingerprint density at radius 3 is 1.88 bits per heavy atom. The van der Waals surface area contributed by atoms with Crippen LogP contribution in [0.15, 0.2) is 0 Å². The third kappa shape index (κ3) is 2.32. The number of aliphatic hydroxyl groups is 2. The predicted octanol–water partition coefficient (Wildman–Crippen LogP) is 0.0179. The molecule has 6 nitrogen and oxygen atoms in total. The molecule has 0 aromatic heterocycles. The van der Waals surface area contributed by atoms with E-state index >= 15 is 0 Å². The van der Waals surface area contributed by atoms with E-state index in [2.05, 4.69) is 0 Å². The maximum atomic E-state index is 10.6. The van der Waals surface area contributed by atoms with Crippen molar-refractivity contribution in [3.8, 4) is 11.5 Å². The molecular weight excluding hydrogens is 228 g/mol. The van der Waals surface area contributed by atoms with Crippen LogP contribution in [0.3, 0.4) is 0 Å². The van der Waals surface area contributed by atoms with E-state index in [-0.39, 0.29) is 28.0 Å². The molecule has 6 heteroatoms. The number of carboxylic acid groups (broad SMARTS) is 1. The molecule has 0 atom stereocenters. The average molecular weight is 242 g/mol. The Kier molecular flexibility index (Phi) is 3.93. The number of aromatic hydroxyl groups is 2. The zero-order valence-corrected chi connectivity index (χ0v) is 9.27. The fourth-order valence-electron chi connectivity index (χ4n) is 1.72. The molecule has 17 heavy (non-hydrogen) atoms. The number of benzene rings is 1. The summed E-state index contributed by atoms with van der Waals surface area (Å²) in [5, 5.41) is 46.4. The van der Waals surface area contributed by atoms with Gasteiger partial charge in [-0.2, -0.15) is 0 Å². The largest absolute Gasteiger partial charge is 0.507 e. The highest BCUT2D eigenvalue weighted by Crippen LogP contribution is 2.37. The lowest BCUT2D eigenvalue weighted by Gasteiger charge is -2.16. The summed E-state index contributed by atoms with van der Waals surface area (Å²) in [6, 6.07) is 0.